The predicted octanol–water partition coefficient (Wildman–Crippen LogP) is 4.16. The number of hydrogen-bond donors (Lipinski definition) is 0. The molecule has 5 rings (SSSR count). The van der Waals surface area contributed by atoms with Crippen molar-refractivity contribution in [2.24, 2.45) is 5.92 Å². The van der Waals surface area contributed by atoms with Gasteiger partial charge in [0, 0.05) is 43.2 Å². The second kappa shape index (κ2) is 8.63. The first-order valence-corrected chi connectivity index (χ1v) is 11.9. The minimum atomic E-state index is 0.772. The molecule has 2 aliphatic rings. The van der Waals surface area contributed by atoms with E-state index in [9.17, 15) is 0 Å². The van der Waals surface area contributed by atoms with Crippen molar-refractivity contribution in [3.8, 4) is 11.5 Å². The van der Waals surface area contributed by atoms with Crippen molar-refractivity contribution in [1.29, 1.82) is 0 Å². The van der Waals surface area contributed by atoms with Crippen LogP contribution in [0.5, 0.6) is 11.5 Å². The van der Waals surface area contributed by atoms with Crippen molar-refractivity contribution in [2.45, 2.75) is 32.7 Å². The zero-order valence-corrected chi connectivity index (χ0v) is 19.4. The van der Waals surface area contributed by atoms with Gasteiger partial charge in [-0.3, -0.25) is 4.90 Å². The average Bonchev–Trinajstić information content (AvgIpc) is 3.17. The molecule has 3 heterocycles. The van der Waals surface area contributed by atoms with E-state index in [0.29, 0.717) is 0 Å². The molecule has 0 saturated carbocycles. The molecule has 1 unspecified atom stereocenters. The number of hydrogen-bond acceptors (Lipinski definition) is 7. The minimum Gasteiger partial charge on any atom is -0.497 e. The molecule has 0 spiro atoms. The highest BCUT2D eigenvalue weighted by Gasteiger charge is 2.26. The van der Waals surface area contributed by atoms with E-state index in [1.165, 1.54) is 34.2 Å². The molecule has 1 saturated heterocycles. The molecule has 0 radical (unpaired) electrons. The molecule has 6 nitrogen and oxygen atoms in total. The minimum absolute atomic E-state index is 0.772. The smallest absolute Gasteiger partial charge is 0.141 e. The van der Waals surface area contributed by atoms with E-state index < -0.39 is 0 Å². The van der Waals surface area contributed by atoms with E-state index in [-0.39, 0.29) is 0 Å². The van der Waals surface area contributed by atoms with Crippen LogP contribution in [0.3, 0.4) is 0 Å². The standard InChI is InChI=1S/C24H30N4O2S/c1-16-4-6-19-21(12-16)31-24-22(19)23(25-15-26-24)28-10-8-27(9-11-28)14-17-13-18(29-2)5-7-20(17)30-3/h5,7,13,15-16H,4,6,8-12,14H2,1-3H3. The Bertz CT molecular complexity index is 1070. The van der Waals surface area contributed by atoms with Crippen LogP contribution in [0.1, 0.15) is 29.3 Å². The van der Waals surface area contributed by atoms with Crippen molar-refractivity contribution in [3.05, 3.63) is 40.5 Å². The van der Waals surface area contributed by atoms with Crippen LogP contribution in [0.2, 0.25) is 0 Å². The van der Waals surface area contributed by atoms with Gasteiger partial charge in [0.15, 0.2) is 0 Å². The first-order valence-electron chi connectivity index (χ1n) is 11.1. The highest BCUT2D eigenvalue weighted by Crippen LogP contribution is 2.40. The van der Waals surface area contributed by atoms with Gasteiger partial charge in [0.2, 0.25) is 0 Å². The number of aromatic nitrogens is 2. The van der Waals surface area contributed by atoms with Crippen LogP contribution in [-0.4, -0.2) is 55.3 Å². The Morgan fingerprint density at radius 1 is 1.10 bits per heavy atom. The number of aryl methyl sites for hydroxylation is 1. The fraction of sp³-hybridized carbons (Fsp3) is 0.500. The second-order valence-corrected chi connectivity index (χ2v) is 9.75. The third kappa shape index (κ3) is 3.96. The molecule has 0 amide bonds. The summed E-state index contributed by atoms with van der Waals surface area (Å²) in [5, 5.41) is 1.32. The molecular weight excluding hydrogens is 408 g/mol. The summed E-state index contributed by atoms with van der Waals surface area (Å²) in [6, 6.07) is 6.02. The van der Waals surface area contributed by atoms with Gasteiger partial charge < -0.3 is 14.4 Å². The summed E-state index contributed by atoms with van der Waals surface area (Å²) in [5.74, 6) is 3.69. The van der Waals surface area contributed by atoms with Crippen LogP contribution in [-0.2, 0) is 19.4 Å². The third-order valence-electron chi connectivity index (χ3n) is 6.63. The van der Waals surface area contributed by atoms with E-state index in [4.69, 9.17) is 14.5 Å². The summed E-state index contributed by atoms with van der Waals surface area (Å²) in [6.45, 7) is 7.15. The lowest BCUT2D eigenvalue weighted by atomic mass is 9.89. The summed E-state index contributed by atoms with van der Waals surface area (Å²) >= 11 is 1.88. The molecule has 31 heavy (non-hydrogen) atoms. The fourth-order valence-electron chi connectivity index (χ4n) is 4.86. The van der Waals surface area contributed by atoms with E-state index in [1.807, 2.05) is 23.5 Å². The van der Waals surface area contributed by atoms with Gasteiger partial charge in [-0.15, -0.1) is 11.3 Å². The van der Waals surface area contributed by atoms with Crippen LogP contribution >= 0.6 is 11.3 Å². The van der Waals surface area contributed by atoms with Crippen molar-refractivity contribution >= 4 is 27.4 Å². The van der Waals surface area contributed by atoms with Gasteiger partial charge in [-0.1, -0.05) is 6.92 Å². The Labute approximate surface area is 187 Å². The first-order chi connectivity index (χ1) is 15.2. The van der Waals surface area contributed by atoms with Gasteiger partial charge in [0.25, 0.3) is 0 Å². The zero-order chi connectivity index (χ0) is 21.4. The number of piperazine rings is 1. The lowest BCUT2D eigenvalue weighted by molar-refractivity contribution is 0.245. The van der Waals surface area contributed by atoms with Crippen LogP contribution in [0, 0.1) is 5.92 Å². The molecule has 1 aliphatic heterocycles. The molecule has 1 aromatic carbocycles. The molecule has 2 aromatic heterocycles. The number of ether oxygens (including phenoxy) is 2. The summed E-state index contributed by atoms with van der Waals surface area (Å²) in [4.78, 5) is 17.0. The van der Waals surface area contributed by atoms with Gasteiger partial charge in [0.1, 0.15) is 28.5 Å². The van der Waals surface area contributed by atoms with E-state index >= 15 is 0 Å². The number of fused-ring (bicyclic) bond motifs is 3. The first kappa shape index (κ1) is 20.5. The lowest BCUT2D eigenvalue weighted by Crippen LogP contribution is -2.46. The number of thiophene rings is 1. The van der Waals surface area contributed by atoms with Gasteiger partial charge in [-0.25, -0.2) is 9.97 Å². The Morgan fingerprint density at radius 3 is 2.71 bits per heavy atom. The Balaban J connectivity index is 1.33. The molecule has 1 atom stereocenters. The SMILES string of the molecule is COc1ccc(OC)c(CN2CCN(c3ncnc4sc5c(c34)CCC(C)C5)CC2)c1. The predicted molar refractivity (Wildman–Crippen MR) is 126 cm³/mol. The lowest BCUT2D eigenvalue weighted by Gasteiger charge is -2.36. The normalized spacial score (nSPS) is 19.5. The maximum absolute atomic E-state index is 5.57. The zero-order valence-electron chi connectivity index (χ0n) is 18.6. The van der Waals surface area contributed by atoms with Crippen LogP contribution < -0.4 is 14.4 Å². The van der Waals surface area contributed by atoms with Crippen molar-refractivity contribution in [2.75, 3.05) is 45.3 Å². The van der Waals surface area contributed by atoms with Crippen molar-refractivity contribution < 1.29 is 9.47 Å². The Hall–Kier alpha value is -2.38. The topological polar surface area (TPSA) is 50.7 Å². The summed E-state index contributed by atoms with van der Waals surface area (Å²) < 4.78 is 11.0. The number of nitrogens with zero attached hydrogens (tertiary/aromatic N) is 4. The Kier molecular flexibility index (Phi) is 5.71. The van der Waals surface area contributed by atoms with Gasteiger partial charge in [0.05, 0.1) is 19.6 Å². The quantitative estimate of drug-likeness (QED) is 0.596. The van der Waals surface area contributed by atoms with Crippen molar-refractivity contribution in [1.82, 2.24) is 14.9 Å². The largest absolute Gasteiger partial charge is 0.497 e. The number of rotatable bonds is 5. The average molecular weight is 439 g/mol. The van der Waals surface area contributed by atoms with Crippen LogP contribution in [0.4, 0.5) is 5.82 Å². The number of anilines is 1. The molecule has 3 aromatic rings. The van der Waals surface area contributed by atoms with E-state index in [1.54, 1.807) is 20.5 Å². The van der Waals surface area contributed by atoms with E-state index in [2.05, 4.69) is 27.8 Å². The third-order valence-corrected chi connectivity index (χ3v) is 7.79. The van der Waals surface area contributed by atoms with Gasteiger partial charge in [-0.2, -0.15) is 0 Å². The molecule has 0 bridgehead atoms. The molecule has 1 aliphatic carbocycles. The molecule has 7 heteroatoms. The molecule has 0 N–H and O–H groups in total. The van der Waals surface area contributed by atoms with Gasteiger partial charge in [-0.05, 0) is 48.9 Å². The van der Waals surface area contributed by atoms with Crippen LogP contribution in [0.15, 0.2) is 24.5 Å². The van der Waals surface area contributed by atoms with Crippen LogP contribution in [0.25, 0.3) is 10.2 Å². The molecular formula is C24H30N4O2S. The maximum Gasteiger partial charge on any atom is 0.141 e. The molecule has 1 fully saturated rings. The monoisotopic (exact) mass is 438 g/mol. The summed E-state index contributed by atoms with van der Waals surface area (Å²) in [6.07, 6.45) is 5.36. The van der Waals surface area contributed by atoms with Crippen molar-refractivity contribution in [3.63, 3.8) is 0 Å². The highest BCUT2D eigenvalue weighted by molar-refractivity contribution is 7.19. The summed E-state index contributed by atoms with van der Waals surface area (Å²) in [5.41, 5.74) is 2.68. The maximum atomic E-state index is 5.57. The Morgan fingerprint density at radius 2 is 1.94 bits per heavy atom. The van der Waals surface area contributed by atoms with E-state index in [0.717, 1.165) is 67.2 Å². The summed E-state index contributed by atoms with van der Waals surface area (Å²) in [7, 11) is 3.43. The second-order valence-electron chi connectivity index (χ2n) is 8.67. The number of methoxy groups -OCH3 is 2. The number of benzene rings is 1. The highest BCUT2D eigenvalue weighted by atomic mass is 32.1. The van der Waals surface area contributed by atoms with Gasteiger partial charge >= 0.3 is 0 Å². The molecule has 164 valence electrons. The fourth-order valence-corrected chi connectivity index (χ4v) is 6.21.